The summed E-state index contributed by atoms with van der Waals surface area (Å²) in [5, 5.41) is 4.13. The van der Waals surface area contributed by atoms with Gasteiger partial charge in [-0.05, 0) is 55.0 Å². The topological polar surface area (TPSA) is 40.7 Å². The van der Waals surface area contributed by atoms with Crippen molar-refractivity contribution in [2.45, 2.75) is 26.2 Å². The summed E-state index contributed by atoms with van der Waals surface area (Å²) < 4.78 is 0. The molecule has 0 aliphatic carbocycles. The van der Waals surface area contributed by atoms with Crippen molar-refractivity contribution in [1.82, 2.24) is 9.97 Å². The van der Waals surface area contributed by atoms with E-state index in [2.05, 4.69) is 76.8 Å². The van der Waals surface area contributed by atoms with Gasteiger partial charge < -0.3 is 10.3 Å². The van der Waals surface area contributed by atoms with Gasteiger partial charge in [0, 0.05) is 28.9 Å². The molecule has 4 rings (SSSR count). The van der Waals surface area contributed by atoms with Gasteiger partial charge in [-0.1, -0.05) is 66.2 Å². The third-order valence-electron chi connectivity index (χ3n) is 5.50. The average molecular weight is 416 g/mol. The number of benzene rings is 3. The molecule has 4 heteroatoms. The van der Waals surface area contributed by atoms with E-state index >= 15 is 0 Å². The first kappa shape index (κ1) is 20.2. The molecule has 0 aliphatic rings. The Morgan fingerprint density at radius 1 is 0.867 bits per heavy atom. The number of aryl methyl sites for hydroxylation is 3. The van der Waals surface area contributed by atoms with E-state index in [0.717, 1.165) is 52.6 Å². The molecular formula is C26H26ClN3. The van der Waals surface area contributed by atoms with Crippen LogP contribution < -0.4 is 5.32 Å². The number of hydrogen-bond acceptors (Lipinski definition) is 2. The molecule has 30 heavy (non-hydrogen) atoms. The van der Waals surface area contributed by atoms with Gasteiger partial charge in [-0.15, -0.1) is 0 Å². The summed E-state index contributed by atoms with van der Waals surface area (Å²) in [4.78, 5) is 8.16. The van der Waals surface area contributed by atoms with E-state index in [1.54, 1.807) is 0 Å². The minimum Gasteiger partial charge on any atom is -0.388 e. The average Bonchev–Trinajstić information content (AvgIpc) is 3.27. The first-order valence-corrected chi connectivity index (χ1v) is 10.7. The predicted octanol–water partition coefficient (Wildman–Crippen LogP) is 6.92. The molecule has 0 amide bonds. The number of halogens is 1. The fraction of sp³-hybridized carbons (Fsp3) is 0.192. The quantitative estimate of drug-likeness (QED) is 0.343. The molecule has 0 bridgehead atoms. The number of hydrogen-bond donors (Lipinski definition) is 2. The van der Waals surface area contributed by atoms with Crippen LogP contribution in [-0.4, -0.2) is 17.0 Å². The minimum atomic E-state index is 0.872. The predicted molar refractivity (Wildman–Crippen MR) is 127 cm³/mol. The highest BCUT2D eigenvalue weighted by molar-refractivity contribution is 6.32. The Kier molecular flexibility index (Phi) is 6.20. The Hall–Kier alpha value is -3.04. The van der Waals surface area contributed by atoms with E-state index < -0.39 is 0 Å². The molecule has 0 radical (unpaired) electrons. The summed E-state index contributed by atoms with van der Waals surface area (Å²) in [5.74, 6) is 0.872. The Bertz CT molecular complexity index is 1150. The maximum atomic E-state index is 6.47. The number of anilines is 1. The zero-order chi connectivity index (χ0) is 20.9. The molecule has 2 N–H and O–H groups in total. The summed E-state index contributed by atoms with van der Waals surface area (Å²) in [7, 11) is 1.93. The lowest BCUT2D eigenvalue weighted by atomic mass is 9.98. The summed E-state index contributed by atoms with van der Waals surface area (Å²) >= 11 is 6.47. The Balaban J connectivity index is 1.54. The van der Waals surface area contributed by atoms with E-state index in [0.29, 0.717) is 0 Å². The van der Waals surface area contributed by atoms with Crippen LogP contribution in [0.2, 0.25) is 5.02 Å². The van der Waals surface area contributed by atoms with Gasteiger partial charge in [-0.25, -0.2) is 4.98 Å². The van der Waals surface area contributed by atoms with E-state index in [9.17, 15) is 0 Å². The van der Waals surface area contributed by atoms with Gasteiger partial charge in [0.25, 0.3) is 0 Å². The van der Waals surface area contributed by atoms with Crippen LogP contribution in [0.1, 0.15) is 23.1 Å². The maximum Gasteiger partial charge on any atom is 0.139 e. The molecular weight excluding hydrogens is 390 g/mol. The number of rotatable bonds is 7. The second-order valence-corrected chi connectivity index (χ2v) is 7.88. The number of imidazole rings is 1. The van der Waals surface area contributed by atoms with Crippen molar-refractivity contribution in [3.8, 4) is 22.6 Å². The highest BCUT2D eigenvalue weighted by atomic mass is 35.5. The maximum absolute atomic E-state index is 6.47. The van der Waals surface area contributed by atoms with Crippen molar-refractivity contribution >= 4 is 17.3 Å². The van der Waals surface area contributed by atoms with Gasteiger partial charge in [0.2, 0.25) is 0 Å². The summed E-state index contributed by atoms with van der Waals surface area (Å²) in [5.41, 5.74) is 8.05. The third-order valence-corrected chi connectivity index (χ3v) is 6.04. The first-order chi connectivity index (χ1) is 14.7. The molecule has 0 saturated heterocycles. The minimum absolute atomic E-state index is 0.872. The first-order valence-electron chi connectivity index (χ1n) is 10.3. The molecule has 152 valence electrons. The van der Waals surface area contributed by atoms with Crippen LogP contribution in [0.3, 0.4) is 0 Å². The normalized spacial score (nSPS) is 10.9. The molecule has 1 aromatic heterocycles. The van der Waals surface area contributed by atoms with E-state index in [1.807, 2.05) is 25.4 Å². The van der Waals surface area contributed by atoms with E-state index in [-0.39, 0.29) is 0 Å². The second-order valence-electron chi connectivity index (χ2n) is 7.50. The molecule has 0 fully saturated rings. The number of H-pyrrole nitrogens is 1. The van der Waals surface area contributed by atoms with Gasteiger partial charge in [-0.2, -0.15) is 0 Å². The van der Waals surface area contributed by atoms with Crippen LogP contribution >= 0.6 is 11.6 Å². The van der Waals surface area contributed by atoms with E-state index in [1.165, 1.54) is 16.7 Å². The molecule has 0 atom stereocenters. The van der Waals surface area contributed by atoms with Crippen LogP contribution in [-0.2, 0) is 12.8 Å². The van der Waals surface area contributed by atoms with Crippen molar-refractivity contribution in [1.29, 1.82) is 0 Å². The lowest BCUT2D eigenvalue weighted by Gasteiger charge is -2.10. The lowest BCUT2D eigenvalue weighted by molar-refractivity contribution is 0.821. The highest BCUT2D eigenvalue weighted by Crippen LogP contribution is 2.30. The smallest absolute Gasteiger partial charge is 0.139 e. The largest absolute Gasteiger partial charge is 0.388 e. The van der Waals surface area contributed by atoms with Gasteiger partial charge in [0.05, 0.1) is 11.9 Å². The van der Waals surface area contributed by atoms with Crippen LogP contribution in [0, 0.1) is 6.92 Å². The van der Waals surface area contributed by atoms with Gasteiger partial charge >= 0.3 is 0 Å². The number of para-hydroxylation sites is 1. The zero-order valence-corrected chi connectivity index (χ0v) is 18.1. The highest BCUT2D eigenvalue weighted by Gasteiger charge is 2.12. The number of aromatic nitrogens is 2. The molecule has 3 aromatic carbocycles. The molecule has 0 spiro atoms. The molecule has 4 aromatic rings. The Morgan fingerprint density at radius 3 is 2.40 bits per heavy atom. The van der Waals surface area contributed by atoms with Gasteiger partial charge in [0.15, 0.2) is 0 Å². The summed E-state index contributed by atoms with van der Waals surface area (Å²) in [6, 6.07) is 23.0. The van der Waals surface area contributed by atoms with Crippen molar-refractivity contribution in [2.24, 2.45) is 0 Å². The van der Waals surface area contributed by atoms with E-state index in [4.69, 9.17) is 11.6 Å². The van der Waals surface area contributed by atoms with Crippen LogP contribution in [0.25, 0.3) is 22.6 Å². The summed E-state index contributed by atoms with van der Waals surface area (Å²) in [6.45, 7) is 2.06. The standard InChI is InChI=1S/C26H26ClN3/c1-18-9-7-12-20(25(18)27)13-8-11-19-10-3-4-14-21(19)24-17-29-26(30-24)22-15-5-6-16-23(22)28-2/h3-7,9-10,12,14-17,28H,8,11,13H2,1-2H3,(H,29,30). The molecule has 0 saturated carbocycles. The second kappa shape index (κ2) is 9.19. The molecule has 0 unspecified atom stereocenters. The number of aromatic amines is 1. The molecule has 3 nitrogen and oxygen atoms in total. The van der Waals surface area contributed by atoms with Gasteiger partial charge in [0.1, 0.15) is 5.82 Å². The van der Waals surface area contributed by atoms with Crippen molar-refractivity contribution in [3.63, 3.8) is 0 Å². The Labute approximate surface area is 183 Å². The lowest BCUT2D eigenvalue weighted by Crippen LogP contribution is -1.95. The fourth-order valence-corrected chi connectivity index (χ4v) is 4.09. The SMILES string of the molecule is CNc1ccccc1-c1ncc(-c2ccccc2CCCc2cccc(C)c2Cl)[nH]1. The van der Waals surface area contributed by atoms with Crippen molar-refractivity contribution < 1.29 is 0 Å². The zero-order valence-electron chi connectivity index (χ0n) is 17.4. The van der Waals surface area contributed by atoms with Crippen LogP contribution in [0.5, 0.6) is 0 Å². The molecule has 1 heterocycles. The van der Waals surface area contributed by atoms with Crippen LogP contribution in [0.15, 0.2) is 72.9 Å². The summed E-state index contributed by atoms with van der Waals surface area (Å²) in [6.07, 6.45) is 4.93. The monoisotopic (exact) mass is 415 g/mol. The number of nitrogens with zero attached hydrogens (tertiary/aromatic N) is 1. The molecule has 0 aliphatic heterocycles. The Morgan fingerprint density at radius 2 is 1.57 bits per heavy atom. The number of nitrogens with one attached hydrogen (secondary N) is 2. The van der Waals surface area contributed by atoms with Crippen molar-refractivity contribution in [3.05, 3.63) is 94.6 Å². The van der Waals surface area contributed by atoms with Crippen LogP contribution in [0.4, 0.5) is 5.69 Å². The third kappa shape index (κ3) is 4.27. The van der Waals surface area contributed by atoms with Crippen molar-refractivity contribution in [2.75, 3.05) is 12.4 Å². The fourth-order valence-electron chi connectivity index (χ4n) is 3.87. The van der Waals surface area contributed by atoms with Gasteiger partial charge in [-0.3, -0.25) is 0 Å².